The highest BCUT2D eigenvalue weighted by atomic mass is 79.9. The number of nitro groups is 1. The Morgan fingerprint density at radius 3 is 2.92 bits per heavy atom. The molecule has 7 nitrogen and oxygen atoms in total. The van der Waals surface area contributed by atoms with Gasteiger partial charge in [0, 0.05) is 17.3 Å². The van der Waals surface area contributed by atoms with Gasteiger partial charge in [-0.2, -0.15) is 5.10 Å². The van der Waals surface area contributed by atoms with Crippen LogP contribution in [0.4, 0.5) is 11.5 Å². The van der Waals surface area contributed by atoms with Gasteiger partial charge in [-0.25, -0.2) is 4.85 Å². The summed E-state index contributed by atoms with van der Waals surface area (Å²) < 4.78 is 0.394. The molecule has 1 aromatic heterocycles. The number of rotatable bonds is 4. The molecule has 1 unspecified atom stereocenters. The first kappa shape index (κ1) is 16.2. The Hall–Kier alpha value is -2.66. The van der Waals surface area contributed by atoms with E-state index in [-0.39, 0.29) is 5.69 Å². The molecule has 0 amide bonds. The number of aromatic amines is 1. The van der Waals surface area contributed by atoms with Crippen molar-refractivity contribution < 1.29 is 4.92 Å². The number of anilines is 1. The van der Waals surface area contributed by atoms with Gasteiger partial charge in [-0.05, 0) is 27.9 Å². The lowest BCUT2D eigenvalue weighted by molar-refractivity contribution is -0.385. The molecule has 122 valence electrons. The van der Waals surface area contributed by atoms with E-state index in [9.17, 15) is 10.1 Å². The van der Waals surface area contributed by atoms with Crippen LogP contribution in [0.25, 0.3) is 4.85 Å². The van der Waals surface area contributed by atoms with Gasteiger partial charge in [0.15, 0.2) is 5.70 Å². The van der Waals surface area contributed by atoms with E-state index in [1.54, 1.807) is 18.3 Å². The minimum Gasteiger partial charge on any atom is -0.354 e. The van der Waals surface area contributed by atoms with E-state index in [1.807, 2.05) is 6.92 Å². The summed E-state index contributed by atoms with van der Waals surface area (Å²) in [5.74, 6) is 0.336. The van der Waals surface area contributed by atoms with Crippen LogP contribution in [0.3, 0.4) is 0 Å². The second-order valence-corrected chi connectivity index (χ2v) is 6.21. The largest absolute Gasteiger partial charge is 0.354 e. The molecule has 3 rings (SSSR count). The van der Waals surface area contributed by atoms with Crippen molar-refractivity contribution in [2.24, 2.45) is 0 Å². The number of halogens is 1. The van der Waals surface area contributed by atoms with Crippen LogP contribution in [-0.2, 0) is 0 Å². The quantitative estimate of drug-likeness (QED) is 0.456. The van der Waals surface area contributed by atoms with Crippen LogP contribution in [0.1, 0.15) is 36.8 Å². The lowest BCUT2D eigenvalue weighted by Gasteiger charge is -2.26. The topological polar surface area (TPSA) is 88.2 Å². The molecule has 1 aliphatic heterocycles. The number of nitrogens with one attached hydrogen (secondary N) is 2. The van der Waals surface area contributed by atoms with Gasteiger partial charge in [0.1, 0.15) is 5.82 Å². The summed E-state index contributed by atoms with van der Waals surface area (Å²) in [5.41, 5.74) is 2.85. The molecular weight excluding hydrogens is 374 g/mol. The van der Waals surface area contributed by atoms with Gasteiger partial charge >= 0.3 is 0 Å². The first-order valence-corrected chi connectivity index (χ1v) is 8.21. The van der Waals surface area contributed by atoms with E-state index < -0.39 is 10.8 Å². The van der Waals surface area contributed by atoms with E-state index in [0.717, 1.165) is 29.9 Å². The van der Waals surface area contributed by atoms with Gasteiger partial charge in [0.25, 0.3) is 5.69 Å². The molecule has 8 heteroatoms. The number of nitrogens with zero attached hydrogens (tertiary/aromatic N) is 3. The number of H-pyrrole nitrogens is 1. The molecule has 0 bridgehead atoms. The zero-order valence-electron chi connectivity index (χ0n) is 12.8. The molecule has 0 radical (unpaired) electrons. The Morgan fingerprint density at radius 2 is 2.25 bits per heavy atom. The van der Waals surface area contributed by atoms with Crippen LogP contribution >= 0.6 is 15.9 Å². The van der Waals surface area contributed by atoms with Gasteiger partial charge in [-0.1, -0.05) is 25.5 Å². The maximum absolute atomic E-state index is 11.2. The van der Waals surface area contributed by atoms with Crippen LogP contribution in [0.15, 0.2) is 40.3 Å². The maximum atomic E-state index is 11.2. The standard InChI is InChI=1S/C16H14BrN5O2/c1-3-5-11-15(18-2)13(10-8-19-21-16(10)20-11)9-6-4-7-12(14(9)17)22(23)24/h4,6-8,13H,3,5H2,1H3,(H2,19,20,21). The van der Waals surface area contributed by atoms with Crippen molar-refractivity contribution in [2.75, 3.05) is 5.32 Å². The van der Waals surface area contributed by atoms with Crippen molar-refractivity contribution in [3.63, 3.8) is 0 Å². The van der Waals surface area contributed by atoms with Gasteiger partial charge < -0.3 is 5.32 Å². The van der Waals surface area contributed by atoms with Crippen LogP contribution in [0, 0.1) is 16.7 Å². The monoisotopic (exact) mass is 387 g/mol. The molecule has 1 aliphatic rings. The summed E-state index contributed by atoms with van der Waals surface area (Å²) in [7, 11) is 0. The number of hydrogen-bond donors (Lipinski definition) is 2. The molecule has 2 aromatic rings. The maximum Gasteiger partial charge on any atom is 0.283 e. The number of aromatic nitrogens is 2. The first-order chi connectivity index (χ1) is 11.6. The molecule has 1 aromatic carbocycles. The molecule has 0 saturated carbocycles. The SMILES string of the molecule is [C-]#[N+]C1=C(CCC)Nc2[nH]ncc2C1c1cccc([N+](=O)[O-])c1Br. The van der Waals surface area contributed by atoms with Crippen LogP contribution in [-0.4, -0.2) is 15.1 Å². The average Bonchev–Trinajstić information content (AvgIpc) is 3.02. The first-order valence-electron chi connectivity index (χ1n) is 7.42. The van der Waals surface area contributed by atoms with Crippen molar-refractivity contribution >= 4 is 27.4 Å². The van der Waals surface area contributed by atoms with E-state index >= 15 is 0 Å². The van der Waals surface area contributed by atoms with Crippen molar-refractivity contribution in [2.45, 2.75) is 25.7 Å². The fourth-order valence-corrected chi connectivity index (χ4v) is 3.58. The van der Waals surface area contributed by atoms with Crippen LogP contribution < -0.4 is 5.32 Å². The third-order valence-corrected chi connectivity index (χ3v) is 4.84. The van der Waals surface area contributed by atoms with Gasteiger partial charge in [-0.3, -0.25) is 15.2 Å². The summed E-state index contributed by atoms with van der Waals surface area (Å²) in [6.07, 6.45) is 3.26. The summed E-state index contributed by atoms with van der Waals surface area (Å²) in [4.78, 5) is 14.5. The number of fused-ring (bicyclic) bond motifs is 1. The minimum atomic E-state index is -0.431. The Kier molecular flexibility index (Phi) is 4.36. The second-order valence-electron chi connectivity index (χ2n) is 5.42. The number of benzene rings is 1. The van der Waals surface area contributed by atoms with Crippen molar-refractivity contribution in [3.8, 4) is 0 Å². The smallest absolute Gasteiger partial charge is 0.283 e. The third-order valence-electron chi connectivity index (χ3n) is 3.97. The summed E-state index contributed by atoms with van der Waals surface area (Å²) in [6.45, 7) is 9.67. The highest BCUT2D eigenvalue weighted by Gasteiger charge is 2.34. The number of allylic oxidation sites excluding steroid dienone is 2. The average molecular weight is 388 g/mol. The van der Waals surface area contributed by atoms with Gasteiger partial charge in [-0.15, -0.1) is 0 Å². The second kappa shape index (κ2) is 6.45. The fraction of sp³-hybridized carbons (Fsp3) is 0.250. The number of nitro benzene ring substituents is 1. The summed E-state index contributed by atoms with van der Waals surface area (Å²) in [6, 6.07) is 4.89. The molecule has 0 fully saturated rings. The van der Waals surface area contributed by atoms with Crippen molar-refractivity contribution in [1.29, 1.82) is 0 Å². The molecule has 0 spiro atoms. The summed E-state index contributed by atoms with van der Waals surface area (Å²) >= 11 is 3.35. The zero-order valence-corrected chi connectivity index (χ0v) is 14.4. The van der Waals surface area contributed by atoms with E-state index in [4.69, 9.17) is 6.57 Å². The minimum absolute atomic E-state index is 0.0163. The molecule has 0 saturated heterocycles. The molecular formula is C16H14BrN5O2. The Labute approximate surface area is 146 Å². The predicted octanol–water partition coefficient (Wildman–Crippen LogP) is 4.57. The Balaban J connectivity index is 2.24. The van der Waals surface area contributed by atoms with Gasteiger partial charge in [0.2, 0.25) is 0 Å². The van der Waals surface area contributed by atoms with Crippen LogP contribution in [0.5, 0.6) is 0 Å². The lowest BCUT2D eigenvalue weighted by Crippen LogP contribution is -2.17. The van der Waals surface area contributed by atoms with Crippen molar-refractivity contribution in [3.05, 3.63) is 72.9 Å². The highest BCUT2D eigenvalue weighted by molar-refractivity contribution is 9.10. The van der Waals surface area contributed by atoms with E-state index in [2.05, 4.69) is 36.3 Å². The molecule has 2 heterocycles. The van der Waals surface area contributed by atoms with Gasteiger partial charge in [0.05, 0.1) is 28.1 Å². The Morgan fingerprint density at radius 1 is 1.46 bits per heavy atom. The lowest BCUT2D eigenvalue weighted by atomic mass is 9.86. The highest BCUT2D eigenvalue weighted by Crippen LogP contribution is 2.46. The van der Waals surface area contributed by atoms with Crippen molar-refractivity contribution in [1.82, 2.24) is 10.2 Å². The number of hydrogen-bond acceptors (Lipinski definition) is 4. The molecule has 1 atom stereocenters. The van der Waals surface area contributed by atoms with Crippen LogP contribution in [0.2, 0.25) is 0 Å². The Bertz CT molecular complexity index is 881. The molecule has 24 heavy (non-hydrogen) atoms. The summed E-state index contributed by atoms with van der Waals surface area (Å²) in [5, 5.41) is 21.4. The fourth-order valence-electron chi connectivity index (χ4n) is 2.94. The zero-order chi connectivity index (χ0) is 17.3. The van der Waals surface area contributed by atoms with E-state index in [1.165, 1.54) is 6.07 Å². The van der Waals surface area contributed by atoms with E-state index in [0.29, 0.717) is 15.7 Å². The predicted molar refractivity (Wildman–Crippen MR) is 93.4 cm³/mol. The normalized spacial score (nSPS) is 16.3. The molecule has 0 aliphatic carbocycles. The molecule has 2 N–H and O–H groups in total. The third kappa shape index (κ3) is 2.57.